The van der Waals surface area contributed by atoms with Crippen LogP contribution in [0.25, 0.3) is 22.3 Å². The number of hydrogen-bond donors (Lipinski definition) is 10. The highest BCUT2D eigenvalue weighted by atomic mass is 31.3. The number of aliphatic hydroxyl groups is 3. The van der Waals surface area contributed by atoms with E-state index in [1.807, 2.05) is 0 Å². The van der Waals surface area contributed by atoms with E-state index >= 15 is 0 Å². The topological polar surface area (TPSA) is 434 Å². The van der Waals surface area contributed by atoms with Crippen LogP contribution < -0.4 is 17.2 Å². The molecule has 0 aromatic carbocycles. The number of aromatic amines is 1. The number of phosphoric acid groups is 4. The van der Waals surface area contributed by atoms with E-state index in [1.54, 1.807) is 0 Å². The van der Waals surface area contributed by atoms with Gasteiger partial charge in [0.2, 0.25) is 0 Å². The first-order valence-electron chi connectivity index (χ1n) is 14.4. The van der Waals surface area contributed by atoms with Gasteiger partial charge in [-0.05, 0) is 0 Å². The lowest BCUT2D eigenvalue weighted by Gasteiger charge is -2.21. The Morgan fingerprint density at radius 3 is 2.02 bits per heavy atom. The normalized spacial score (nSPS) is 29.5. The van der Waals surface area contributed by atoms with Crippen LogP contribution in [-0.4, -0.2) is 118 Å². The third-order valence-electron chi connectivity index (χ3n) is 7.41. The van der Waals surface area contributed by atoms with Crippen LogP contribution >= 0.6 is 31.3 Å². The number of H-pyrrole nitrogens is 1. The maximum absolute atomic E-state index is 12.4. The highest BCUT2D eigenvalue weighted by Crippen LogP contribution is 2.71. The third-order valence-corrected chi connectivity index (χ3v) is 13.3. The predicted octanol–water partition coefficient (Wildman–Crippen LogP) is -2.12. The minimum absolute atomic E-state index is 0.0123. The number of anilines is 2. The minimum atomic E-state index is -6.17. The first kappa shape index (κ1) is 39.6. The van der Waals surface area contributed by atoms with Gasteiger partial charge in [0.25, 0.3) is 0 Å². The standard InChI is InChI=1S/C20H28N10O19P4/c21-15-11-17(24-4-23-15)30(6-26-11)19-14(33)13(32)9(46-19)3-44-51(37,38)48-53(41,42)49-52(39,40)47-50(35,36)43-2-8-7(31)1-10(45-8)29-5-25-12-16(22)27-20(34)28-18(12)29/h4-10,13-14,19,31-33H,1-3H2,(H,35,36)(H,37,38)(H,39,40)(H,41,42)(H2,21,23,24)(H3,22,27,28,34)/t7-,8?,9-,10?,13?,14+,19-/m1/s1. The number of imidazole rings is 2. The van der Waals surface area contributed by atoms with Crippen molar-refractivity contribution in [1.82, 2.24) is 39.0 Å². The van der Waals surface area contributed by atoms with Gasteiger partial charge in [-0.3, -0.25) is 23.2 Å². The molecule has 0 aliphatic carbocycles. The Labute approximate surface area is 292 Å². The molecule has 11 atom stereocenters. The summed E-state index contributed by atoms with van der Waals surface area (Å²) in [7, 11) is -23.8. The van der Waals surface area contributed by atoms with Crippen LogP contribution in [0.3, 0.4) is 0 Å². The zero-order chi connectivity index (χ0) is 38.7. The molecule has 0 amide bonds. The maximum atomic E-state index is 12.4. The summed E-state index contributed by atoms with van der Waals surface area (Å²) >= 11 is 0. The molecule has 6 rings (SSSR count). The number of ether oxygens (including phenoxy) is 2. The summed E-state index contributed by atoms with van der Waals surface area (Å²) < 4.78 is 83.6. The number of aromatic nitrogens is 8. The minimum Gasteiger partial charge on any atom is -0.390 e. The first-order valence-corrected chi connectivity index (χ1v) is 20.4. The molecule has 2 saturated heterocycles. The van der Waals surface area contributed by atoms with E-state index in [9.17, 15) is 57.9 Å². The molecule has 7 unspecified atom stereocenters. The summed E-state index contributed by atoms with van der Waals surface area (Å²) in [6.07, 6.45) is -7.13. The Hall–Kier alpha value is -3.14. The number of aliphatic hydroxyl groups excluding tert-OH is 3. The van der Waals surface area contributed by atoms with Gasteiger partial charge in [0.05, 0.1) is 32.0 Å². The molecule has 4 aromatic rings. The lowest BCUT2D eigenvalue weighted by molar-refractivity contribution is -0.0503. The third kappa shape index (κ3) is 8.73. The highest BCUT2D eigenvalue weighted by Gasteiger charge is 2.49. The molecule has 2 aliphatic rings. The summed E-state index contributed by atoms with van der Waals surface area (Å²) in [6.45, 7) is -2.10. The molecule has 292 valence electrons. The van der Waals surface area contributed by atoms with Crippen molar-refractivity contribution in [1.29, 1.82) is 0 Å². The van der Waals surface area contributed by atoms with Gasteiger partial charge in [0.15, 0.2) is 23.3 Å². The molecule has 0 radical (unpaired) electrons. The van der Waals surface area contributed by atoms with E-state index in [-0.39, 0.29) is 40.4 Å². The van der Waals surface area contributed by atoms with E-state index in [0.29, 0.717) is 0 Å². The fourth-order valence-corrected chi connectivity index (χ4v) is 10.1. The molecule has 53 heavy (non-hydrogen) atoms. The number of nitrogens with one attached hydrogen (secondary N) is 1. The second-order valence-corrected chi connectivity index (χ2v) is 17.3. The first-order chi connectivity index (χ1) is 24.6. The second-order valence-electron chi connectivity index (χ2n) is 11.1. The quantitative estimate of drug-likeness (QED) is 0.0607. The van der Waals surface area contributed by atoms with Crippen molar-refractivity contribution in [2.24, 2.45) is 0 Å². The fraction of sp³-hybridized carbons (Fsp3) is 0.500. The van der Waals surface area contributed by atoms with Gasteiger partial charge in [-0.25, -0.2) is 43.0 Å². The van der Waals surface area contributed by atoms with Crippen molar-refractivity contribution in [3.63, 3.8) is 0 Å². The van der Waals surface area contributed by atoms with Gasteiger partial charge in [-0.1, -0.05) is 0 Å². The Balaban J connectivity index is 1.01. The Kier molecular flexibility index (Phi) is 10.8. The van der Waals surface area contributed by atoms with Crippen molar-refractivity contribution >= 4 is 65.3 Å². The number of fused-ring (bicyclic) bond motifs is 2. The number of hydrogen-bond acceptors (Lipinski definition) is 22. The maximum Gasteiger partial charge on any atom is 0.490 e. The zero-order valence-electron chi connectivity index (χ0n) is 26.0. The molecule has 2 fully saturated rings. The average molecular weight is 836 g/mol. The van der Waals surface area contributed by atoms with Gasteiger partial charge in [0.1, 0.15) is 53.8 Å². The van der Waals surface area contributed by atoms with Gasteiger partial charge in [0, 0.05) is 6.42 Å². The van der Waals surface area contributed by atoms with Crippen LogP contribution in [0.4, 0.5) is 11.6 Å². The largest absolute Gasteiger partial charge is 0.490 e. The molecule has 29 nitrogen and oxygen atoms in total. The van der Waals surface area contributed by atoms with Gasteiger partial charge >= 0.3 is 37.0 Å². The molecule has 12 N–H and O–H groups in total. The molecule has 0 spiro atoms. The highest BCUT2D eigenvalue weighted by molar-refractivity contribution is 7.69. The van der Waals surface area contributed by atoms with Crippen LogP contribution in [0.5, 0.6) is 0 Å². The van der Waals surface area contributed by atoms with Crippen molar-refractivity contribution in [2.45, 2.75) is 49.4 Å². The number of nitrogens with zero attached hydrogens (tertiary/aromatic N) is 7. The average Bonchev–Trinajstić information content (AvgIpc) is 3.79. The van der Waals surface area contributed by atoms with Crippen LogP contribution in [0.1, 0.15) is 18.9 Å². The van der Waals surface area contributed by atoms with Crippen LogP contribution in [-0.2, 0) is 49.7 Å². The summed E-state index contributed by atoms with van der Waals surface area (Å²) in [4.78, 5) is 73.0. The van der Waals surface area contributed by atoms with Crippen molar-refractivity contribution in [3.8, 4) is 0 Å². The molecular formula is C20H28N10O19P4. The molecule has 2 aliphatic heterocycles. The lowest BCUT2D eigenvalue weighted by atomic mass is 10.1. The van der Waals surface area contributed by atoms with E-state index in [2.05, 4.69) is 51.9 Å². The van der Waals surface area contributed by atoms with E-state index in [1.165, 1.54) is 10.9 Å². The predicted molar refractivity (Wildman–Crippen MR) is 167 cm³/mol. The van der Waals surface area contributed by atoms with Crippen LogP contribution in [0, 0.1) is 0 Å². The molecule has 4 aromatic heterocycles. The lowest BCUT2D eigenvalue weighted by Crippen LogP contribution is -2.33. The second kappa shape index (κ2) is 14.5. The smallest absolute Gasteiger partial charge is 0.390 e. The van der Waals surface area contributed by atoms with E-state index in [0.717, 1.165) is 17.2 Å². The summed E-state index contributed by atoms with van der Waals surface area (Å²) in [5, 5.41) is 31.3. The van der Waals surface area contributed by atoms with Gasteiger partial charge < -0.3 is 55.8 Å². The number of rotatable bonds is 14. The van der Waals surface area contributed by atoms with Crippen LogP contribution in [0.2, 0.25) is 0 Å². The zero-order valence-corrected chi connectivity index (χ0v) is 29.6. The Morgan fingerprint density at radius 2 is 1.36 bits per heavy atom. The number of nitrogen functional groups attached to an aromatic ring is 2. The van der Waals surface area contributed by atoms with Gasteiger partial charge in [-0.2, -0.15) is 17.9 Å². The van der Waals surface area contributed by atoms with Gasteiger partial charge in [-0.15, -0.1) is 0 Å². The summed E-state index contributed by atoms with van der Waals surface area (Å²) in [5.74, 6) is -0.114. The van der Waals surface area contributed by atoms with Crippen LogP contribution in [0.15, 0.2) is 23.8 Å². The van der Waals surface area contributed by atoms with Crippen molar-refractivity contribution < 1.29 is 84.6 Å². The summed E-state index contributed by atoms with van der Waals surface area (Å²) in [5.41, 5.74) is 10.9. The molecule has 6 heterocycles. The molecule has 0 saturated carbocycles. The number of nitrogens with two attached hydrogens (primary N) is 2. The SMILES string of the molecule is Nc1[nH]c(=O)nc2c1ncn2C1C[C@@H](O)C(COP(=O)(O)OP(=O)(O)OP(=O)(O)OP(=O)(O)OC[C@H]2O[C@@H](n3cnc4c(N)ncnc43)[C@@H](O)C2O)O1. The fourth-order valence-electron chi connectivity index (χ4n) is 5.16. The van der Waals surface area contributed by atoms with E-state index < -0.39 is 93.2 Å². The van der Waals surface area contributed by atoms with Crippen molar-refractivity contribution in [3.05, 3.63) is 29.5 Å². The van der Waals surface area contributed by atoms with E-state index in [4.69, 9.17) is 20.9 Å². The Bertz CT molecular complexity index is 2270. The summed E-state index contributed by atoms with van der Waals surface area (Å²) in [6, 6.07) is 0. The van der Waals surface area contributed by atoms with Crippen molar-refractivity contribution in [2.75, 3.05) is 24.7 Å². The molecular weight excluding hydrogens is 808 g/mol. The molecule has 33 heteroatoms. The number of phosphoric ester groups is 2. The Morgan fingerprint density at radius 1 is 0.774 bits per heavy atom. The molecule has 0 bridgehead atoms. The monoisotopic (exact) mass is 836 g/mol.